The maximum atomic E-state index is 15.5. The molecule has 0 saturated heterocycles. The zero-order chi connectivity index (χ0) is 26.6. The quantitative estimate of drug-likeness (QED) is 0.302. The van der Waals surface area contributed by atoms with Gasteiger partial charge in [0.25, 0.3) is 0 Å². The molecule has 0 unspecified atom stereocenters. The van der Waals surface area contributed by atoms with E-state index >= 15 is 8.78 Å². The largest absolute Gasteiger partial charge is 0.342 e. The van der Waals surface area contributed by atoms with Crippen LogP contribution in [0.15, 0.2) is 61.1 Å². The predicted molar refractivity (Wildman–Crippen MR) is 132 cm³/mol. The Morgan fingerprint density at radius 2 is 1.95 bits per heavy atom. The molecule has 1 atom stereocenters. The Kier molecular flexibility index (Phi) is 5.55. The average Bonchev–Trinajstić information content (AvgIpc) is 3.63. The van der Waals surface area contributed by atoms with Crippen molar-refractivity contribution in [1.29, 1.82) is 0 Å². The van der Waals surface area contributed by atoms with E-state index in [2.05, 4.69) is 25.6 Å². The summed E-state index contributed by atoms with van der Waals surface area (Å²) in [6.45, 7) is 1.07. The van der Waals surface area contributed by atoms with Crippen molar-refractivity contribution in [1.82, 2.24) is 34.1 Å². The minimum atomic E-state index is -3.81. The second kappa shape index (κ2) is 8.82. The van der Waals surface area contributed by atoms with E-state index < -0.39 is 35.8 Å². The van der Waals surface area contributed by atoms with Crippen molar-refractivity contribution in [2.45, 2.75) is 25.4 Å². The van der Waals surface area contributed by atoms with Crippen LogP contribution >= 0.6 is 0 Å². The van der Waals surface area contributed by atoms with Gasteiger partial charge < -0.3 is 9.88 Å². The van der Waals surface area contributed by atoms with Gasteiger partial charge in [-0.15, -0.1) is 10.2 Å². The zero-order valence-electron chi connectivity index (χ0n) is 20.4. The van der Waals surface area contributed by atoms with Crippen LogP contribution in [-0.4, -0.2) is 40.8 Å². The Morgan fingerprint density at radius 1 is 1.13 bits per heavy atom. The number of rotatable bonds is 6. The normalized spacial score (nSPS) is 14.8. The Morgan fingerprint density at radius 3 is 2.68 bits per heavy atom. The Labute approximate surface area is 214 Å². The number of anilines is 2. The number of benzene rings is 1. The number of alkyl halides is 3. The SMILES string of the molecule is Cc1cnc(Nc2ccnn2C)cc1-c1cc2n(c1)C[C@H](CF)n1c-2nnc1C(F)(F)c1ccccc1F. The molecule has 5 heterocycles. The van der Waals surface area contributed by atoms with Gasteiger partial charge in [0.1, 0.15) is 24.1 Å². The summed E-state index contributed by atoms with van der Waals surface area (Å²) in [6, 6.07) is 9.10. The summed E-state index contributed by atoms with van der Waals surface area (Å²) in [5, 5.41) is 15.1. The van der Waals surface area contributed by atoms with Gasteiger partial charge in [-0.25, -0.2) is 13.8 Å². The molecule has 4 aromatic heterocycles. The molecule has 0 radical (unpaired) electrons. The van der Waals surface area contributed by atoms with Crippen LogP contribution in [0.2, 0.25) is 0 Å². The molecule has 0 spiro atoms. The summed E-state index contributed by atoms with van der Waals surface area (Å²) >= 11 is 0. The van der Waals surface area contributed by atoms with E-state index in [1.165, 1.54) is 12.1 Å². The highest BCUT2D eigenvalue weighted by Gasteiger charge is 2.45. The molecule has 1 aliphatic rings. The summed E-state index contributed by atoms with van der Waals surface area (Å²) in [4.78, 5) is 4.44. The minimum absolute atomic E-state index is 0.0848. The summed E-state index contributed by atoms with van der Waals surface area (Å²) in [5.74, 6) is -4.24. The van der Waals surface area contributed by atoms with E-state index in [1.54, 1.807) is 34.8 Å². The van der Waals surface area contributed by atoms with Crippen molar-refractivity contribution in [3.63, 3.8) is 0 Å². The van der Waals surface area contributed by atoms with Gasteiger partial charge in [0.15, 0.2) is 5.82 Å². The van der Waals surface area contributed by atoms with Gasteiger partial charge in [0.05, 0.1) is 23.5 Å². The van der Waals surface area contributed by atoms with Crippen LogP contribution in [-0.2, 0) is 19.5 Å². The third kappa shape index (κ3) is 3.75. The molecular weight excluding hydrogens is 500 g/mol. The van der Waals surface area contributed by atoms with Crippen LogP contribution in [0.1, 0.15) is 23.0 Å². The lowest BCUT2D eigenvalue weighted by molar-refractivity contribution is 0.0221. The molecule has 38 heavy (non-hydrogen) atoms. The molecule has 194 valence electrons. The fourth-order valence-electron chi connectivity index (χ4n) is 4.82. The number of nitrogens with zero attached hydrogens (tertiary/aromatic N) is 7. The zero-order valence-corrected chi connectivity index (χ0v) is 20.4. The standard InChI is InChI=1S/C26H22F4N8/c1-15-12-31-22(33-23-7-8-32-36(23)2)10-18(15)16-9-21-24-34-35-25(38(24)17(11-27)14-37(21)13-16)26(29,30)19-5-3-4-6-20(19)28/h3-10,12-13,17H,11,14H2,1-2H3,(H,31,33)/t17-/m0/s1. The molecule has 0 amide bonds. The number of fused-ring (bicyclic) bond motifs is 3. The van der Waals surface area contributed by atoms with Crippen molar-refractivity contribution in [2.24, 2.45) is 7.05 Å². The lowest BCUT2D eigenvalue weighted by Gasteiger charge is -2.28. The Bertz CT molecular complexity index is 1650. The van der Waals surface area contributed by atoms with Crippen LogP contribution in [0, 0.1) is 12.7 Å². The molecule has 0 fully saturated rings. The smallest absolute Gasteiger partial charge is 0.334 e. The van der Waals surface area contributed by atoms with E-state index in [1.807, 2.05) is 25.3 Å². The molecule has 0 saturated carbocycles. The first-order chi connectivity index (χ1) is 18.3. The number of aromatic nitrogens is 7. The topological polar surface area (TPSA) is 78.4 Å². The third-order valence-corrected chi connectivity index (χ3v) is 6.76. The fraction of sp³-hybridized carbons (Fsp3) is 0.231. The highest BCUT2D eigenvalue weighted by molar-refractivity contribution is 5.75. The minimum Gasteiger partial charge on any atom is -0.342 e. The fourth-order valence-corrected chi connectivity index (χ4v) is 4.82. The lowest BCUT2D eigenvalue weighted by atomic mass is 10.0. The second-order valence-corrected chi connectivity index (χ2v) is 9.20. The number of pyridine rings is 1. The Hall–Kier alpha value is -4.48. The van der Waals surface area contributed by atoms with Gasteiger partial charge in [-0.2, -0.15) is 13.9 Å². The van der Waals surface area contributed by atoms with E-state index in [0.29, 0.717) is 11.5 Å². The number of aryl methyl sites for hydroxylation is 2. The first-order valence-electron chi connectivity index (χ1n) is 11.8. The lowest BCUT2D eigenvalue weighted by Crippen LogP contribution is -2.30. The summed E-state index contributed by atoms with van der Waals surface area (Å²) < 4.78 is 64.1. The summed E-state index contributed by atoms with van der Waals surface area (Å²) in [5.41, 5.74) is 2.19. The molecule has 0 bridgehead atoms. The van der Waals surface area contributed by atoms with Crippen LogP contribution in [0.5, 0.6) is 0 Å². The van der Waals surface area contributed by atoms with E-state index in [-0.39, 0.29) is 12.4 Å². The molecule has 0 aliphatic carbocycles. The van der Waals surface area contributed by atoms with E-state index in [9.17, 15) is 8.78 Å². The molecule has 8 nitrogen and oxygen atoms in total. The van der Waals surface area contributed by atoms with Crippen LogP contribution in [0.25, 0.3) is 22.6 Å². The third-order valence-electron chi connectivity index (χ3n) is 6.76. The maximum absolute atomic E-state index is 15.5. The average molecular weight is 523 g/mol. The van der Waals surface area contributed by atoms with Crippen molar-refractivity contribution in [3.05, 3.63) is 83.8 Å². The Balaban J connectivity index is 1.42. The molecule has 1 N–H and O–H groups in total. The monoisotopic (exact) mass is 522 g/mol. The van der Waals surface area contributed by atoms with Crippen molar-refractivity contribution in [3.8, 4) is 22.6 Å². The summed E-state index contributed by atoms with van der Waals surface area (Å²) in [7, 11) is 1.81. The molecule has 1 aromatic carbocycles. The number of hydrogen-bond donors (Lipinski definition) is 1. The van der Waals surface area contributed by atoms with Gasteiger partial charge in [-0.3, -0.25) is 9.25 Å². The van der Waals surface area contributed by atoms with Gasteiger partial charge >= 0.3 is 5.92 Å². The molecule has 12 heteroatoms. The molecule has 5 aromatic rings. The van der Waals surface area contributed by atoms with Crippen LogP contribution < -0.4 is 5.32 Å². The second-order valence-electron chi connectivity index (χ2n) is 9.20. The molecule has 6 rings (SSSR count). The van der Waals surface area contributed by atoms with Gasteiger partial charge in [0, 0.05) is 37.6 Å². The highest BCUT2D eigenvalue weighted by atomic mass is 19.3. The van der Waals surface area contributed by atoms with E-state index in [4.69, 9.17) is 0 Å². The van der Waals surface area contributed by atoms with E-state index in [0.717, 1.165) is 39.2 Å². The predicted octanol–water partition coefficient (Wildman–Crippen LogP) is 5.40. The first-order valence-corrected chi connectivity index (χ1v) is 11.8. The number of nitrogens with one attached hydrogen (secondary N) is 1. The first kappa shape index (κ1) is 23.9. The highest BCUT2D eigenvalue weighted by Crippen LogP contribution is 2.42. The van der Waals surface area contributed by atoms with Gasteiger partial charge in [-0.05, 0) is 42.3 Å². The van der Waals surface area contributed by atoms with Gasteiger partial charge in [0.2, 0.25) is 5.82 Å². The maximum Gasteiger partial charge on any atom is 0.334 e. The number of hydrogen-bond acceptors (Lipinski definition) is 5. The number of halogens is 4. The van der Waals surface area contributed by atoms with Crippen molar-refractivity contribution >= 4 is 11.6 Å². The van der Waals surface area contributed by atoms with Gasteiger partial charge in [-0.1, -0.05) is 12.1 Å². The van der Waals surface area contributed by atoms with Crippen molar-refractivity contribution < 1.29 is 17.6 Å². The van der Waals surface area contributed by atoms with Crippen molar-refractivity contribution in [2.75, 3.05) is 12.0 Å². The summed E-state index contributed by atoms with van der Waals surface area (Å²) in [6.07, 6.45) is 5.23. The van der Waals surface area contributed by atoms with Crippen LogP contribution in [0.4, 0.5) is 29.2 Å². The molecule has 1 aliphatic heterocycles. The van der Waals surface area contributed by atoms with Crippen LogP contribution in [0.3, 0.4) is 0 Å². The molecular formula is C26H22F4N8.